The van der Waals surface area contributed by atoms with Gasteiger partial charge in [0.25, 0.3) is 21.6 Å². The summed E-state index contributed by atoms with van der Waals surface area (Å²) in [4.78, 5) is 45.1. The lowest BCUT2D eigenvalue weighted by molar-refractivity contribution is -0.384. The van der Waals surface area contributed by atoms with Gasteiger partial charge in [0.05, 0.1) is 32.9 Å². The van der Waals surface area contributed by atoms with Crippen LogP contribution in [0.15, 0.2) is 114 Å². The van der Waals surface area contributed by atoms with Crippen LogP contribution in [0.1, 0.15) is 111 Å². The highest BCUT2D eigenvalue weighted by Crippen LogP contribution is 2.53. The third-order valence-electron chi connectivity index (χ3n) is 15.9. The third-order valence-corrected chi connectivity index (χ3v) is 17.2. The second-order valence-electron chi connectivity index (χ2n) is 21.2. The quantitative estimate of drug-likeness (QED) is 0.0561. The molecule has 0 radical (unpaired) electrons. The maximum Gasteiger partial charge on any atom is 0.293 e. The summed E-state index contributed by atoms with van der Waals surface area (Å²) in [6.07, 6.45) is 12.3. The lowest BCUT2D eigenvalue weighted by Gasteiger charge is -2.58. The number of carbonyl (C=O) groups is 1. The van der Waals surface area contributed by atoms with Crippen LogP contribution in [-0.4, -0.2) is 100 Å². The molecule has 1 unspecified atom stereocenters. The zero-order chi connectivity index (χ0) is 50.2. The van der Waals surface area contributed by atoms with E-state index in [1.807, 2.05) is 31.3 Å². The molecule has 6 aromatic rings. The monoisotopic (exact) mass is 995 g/mol. The van der Waals surface area contributed by atoms with E-state index in [1.165, 1.54) is 23.3 Å². The summed E-state index contributed by atoms with van der Waals surface area (Å²) in [6, 6.07) is 28.3. The van der Waals surface area contributed by atoms with Gasteiger partial charge in [0, 0.05) is 93.5 Å². The molecular formula is C55H65N9O7S. The summed E-state index contributed by atoms with van der Waals surface area (Å²) in [5, 5.41) is 26.5. The number of carbonyl (C=O) groups excluding carboxylic acids is 1. The van der Waals surface area contributed by atoms with Crippen molar-refractivity contribution in [2.24, 2.45) is 11.3 Å². The molecule has 2 saturated heterocycles. The fraction of sp³-hybridized carbons (Fsp3) is 0.436. The highest BCUT2D eigenvalue weighted by molar-refractivity contribution is 7.90. The van der Waals surface area contributed by atoms with Crippen LogP contribution in [0.25, 0.3) is 11.0 Å². The van der Waals surface area contributed by atoms with Crippen LogP contribution < -0.4 is 19.7 Å². The molecule has 4 fully saturated rings. The number of piperazine rings is 1. The number of sulfonamides is 1. The molecule has 2 aliphatic heterocycles. The predicted octanol–water partition coefficient (Wildman–Crippen LogP) is 9.56. The SMILES string of the molecule is CC(C)c1ccccc1C1CN(Cc2ccccn2)CCN1C1CC2(CCN(c3ccc(C(=O)NS(=O)(=O)c4ccc(NCC5CCC(C)(O)CC5)c([N+](=O)[O-])c4)c(Oc4cnc5[nH]ccc5c4)c3)CC2)C1. The van der Waals surface area contributed by atoms with Gasteiger partial charge in [-0.05, 0) is 135 Å². The molecule has 1 atom stereocenters. The summed E-state index contributed by atoms with van der Waals surface area (Å²) in [5.41, 5.74) is 4.69. The summed E-state index contributed by atoms with van der Waals surface area (Å²) in [7, 11) is -4.58. The van der Waals surface area contributed by atoms with Gasteiger partial charge >= 0.3 is 0 Å². The molecule has 2 saturated carbocycles. The van der Waals surface area contributed by atoms with Crippen LogP contribution in [-0.2, 0) is 16.6 Å². The second kappa shape index (κ2) is 20.2. The van der Waals surface area contributed by atoms with E-state index < -0.39 is 37.0 Å². The van der Waals surface area contributed by atoms with Gasteiger partial charge in [-0.1, -0.05) is 44.2 Å². The van der Waals surface area contributed by atoms with Gasteiger partial charge < -0.3 is 25.0 Å². The molecule has 1 amide bonds. The number of aromatic nitrogens is 3. The van der Waals surface area contributed by atoms with Gasteiger partial charge in [0.15, 0.2) is 0 Å². The molecule has 10 rings (SSSR count). The Balaban J connectivity index is 0.833. The van der Waals surface area contributed by atoms with Crippen LogP contribution in [0.2, 0.25) is 0 Å². The summed E-state index contributed by atoms with van der Waals surface area (Å²) < 4.78 is 36.2. The Morgan fingerprint density at radius 1 is 0.944 bits per heavy atom. The largest absolute Gasteiger partial charge is 0.455 e. The number of hydrogen-bond donors (Lipinski definition) is 4. The molecule has 1 spiro atoms. The molecule has 2 aliphatic carbocycles. The van der Waals surface area contributed by atoms with Crippen molar-refractivity contribution < 1.29 is 28.0 Å². The molecule has 4 aliphatic rings. The van der Waals surface area contributed by atoms with Gasteiger partial charge in [0.2, 0.25) is 0 Å². The zero-order valence-corrected chi connectivity index (χ0v) is 42.1. The molecular weight excluding hydrogens is 931 g/mol. The number of nitrogens with one attached hydrogen (secondary N) is 3. The van der Waals surface area contributed by atoms with Crippen molar-refractivity contribution >= 4 is 44.0 Å². The lowest BCUT2D eigenvalue weighted by Crippen LogP contribution is -2.60. The Kier molecular flexibility index (Phi) is 13.8. The normalized spacial score (nSPS) is 21.9. The molecule has 72 heavy (non-hydrogen) atoms. The molecule has 4 N–H and O–H groups in total. The van der Waals surface area contributed by atoms with Crippen LogP contribution >= 0.6 is 0 Å². The van der Waals surface area contributed by atoms with Crippen molar-refractivity contribution in [3.8, 4) is 11.5 Å². The molecule has 17 heteroatoms. The number of amides is 1. The Morgan fingerprint density at radius 3 is 2.47 bits per heavy atom. The minimum atomic E-state index is -4.58. The van der Waals surface area contributed by atoms with Gasteiger partial charge in [-0.2, -0.15) is 0 Å². The average molecular weight is 996 g/mol. The van der Waals surface area contributed by atoms with Crippen LogP contribution in [0.4, 0.5) is 17.1 Å². The number of aromatic amines is 1. The van der Waals surface area contributed by atoms with E-state index in [-0.39, 0.29) is 28.3 Å². The number of piperidine rings is 1. The second-order valence-corrected chi connectivity index (χ2v) is 22.9. The lowest BCUT2D eigenvalue weighted by atomic mass is 9.59. The number of hydrogen-bond acceptors (Lipinski definition) is 13. The first-order valence-corrected chi connectivity index (χ1v) is 26.9. The fourth-order valence-electron chi connectivity index (χ4n) is 11.6. The van der Waals surface area contributed by atoms with Crippen molar-refractivity contribution in [3.63, 3.8) is 0 Å². The molecule has 5 heterocycles. The summed E-state index contributed by atoms with van der Waals surface area (Å²) in [5.74, 6) is 0.176. The Bertz CT molecular complexity index is 3030. The maximum atomic E-state index is 14.1. The van der Waals surface area contributed by atoms with Crippen molar-refractivity contribution in [2.75, 3.05) is 49.5 Å². The van der Waals surface area contributed by atoms with Crippen molar-refractivity contribution in [1.82, 2.24) is 29.5 Å². The van der Waals surface area contributed by atoms with E-state index >= 15 is 0 Å². The van der Waals surface area contributed by atoms with E-state index in [1.54, 1.807) is 30.6 Å². The highest BCUT2D eigenvalue weighted by atomic mass is 32.2. The number of ether oxygens (including phenoxy) is 1. The molecule has 3 aromatic carbocycles. The number of H-pyrrole nitrogens is 1. The minimum Gasteiger partial charge on any atom is -0.455 e. The first-order chi connectivity index (χ1) is 34.6. The van der Waals surface area contributed by atoms with E-state index in [0.29, 0.717) is 48.8 Å². The Hall–Kier alpha value is -6.40. The smallest absolute Gasteiger partial charge is 0.293 e. The molecule has 0 bridgehead atoms. The van der Waals surface area contributed by atoms with Crippen LogP contribution in [0, 0.1) is 21.4 Å². The molecule has 3 aromatic heterocycles. The first kappa shape index (κ1) is 49.2. The van der Waals surface area contributed by atoms with Crippen LogP contribution in [0.3, 0.4) is 0 Å². The number of pyridine rings is 2. The maximum absolute atomic E-state index is 14.1. The van der Waals surface area contributed by atoms with Gasteiger partial charge in [0.1, 0.15) is 22.8 Å². The predicted molar refractivity (Wildman–Crippen MR) is 278 cm³/mol. The van der Waals surface area contributed by atoms with Crippen molar-refractivity contribution in [2.45, 2.75) is 107 Å². The molecule has 378 valence electrons. The fourth-order valence-corrected chi connectivity index (χ4v) is 12.6. The first-order valence-electron chi connectivity index (χ1n) is 25.4. The number of benzene rings is 3. The number of fused-ring (bicyclic) bond motifs is 1. The average Bonchev–Trinajstić information content (AvgIpc) is 3.84. The number of anilines is 2. The van der Waals surface area contributed by atoms with E-state index in [4.69, 9.17) is 4.74 Å². The van der Waals surface area contributed by atoms with Gasteiger partial charge in [-0.3, -0.25) is 29.7 Å². The van der Waals surface area contributed by atoms with Crippen molar-refractivity contribution in [1.29, 1.82) is 0 Å². The van der Waals surface area contributed by atoms with E-state index in [2.05, 4.69) is 89.9 Å². The summed E-state index contributed by atoms with van der Waals surface area (Å²) in [6.45, 7) is 12.2. The highest BCUT2D eigenvalue weighted by Gasteiger charge is 2.50. The van der Waals surface area contributed by atoms with Crippen LogP contribution in [0.5, 0.6) is 11.5 Å². The number of nitro groups is 1. The van der Waals surface area contributed by atoms with E-state index in [9.17, 15) is 28.4 Å². The number of nitro benzene ring substituents is 1. The summed E-state index contributed by atoms with van der Waals surface area (Å²) >= 11 is 0. The minimum absolute atomic E-state index is 0.0280. The van der Waals surface area contributed by atoms with Crippen molar-refractivity contribution in [3.05, 3.63) is 142 Å². The number of nitrogens with zero attached hydrogens (tertiary/aromatic N) is 6. The zero-order valence-electron chi connectivity index (χ0n) is 41.3. The Labute approximate surface area is 421 Å². The van der Waals surface area contributed by atoms with Gasteiger partial charge in [-0.15, -0.1) is 0 Å². The van der Waals surface area contributed by atoms with Gasteiger partial charge in [-0.25, -0.2) is 18.1 Å². The number of rotatable bonds is 15. The third kappa shape index (κ3) is 10.7. The molecule has 16 nitrogen and oxygen atoms in total. The topological polar surface area (TPSA) is 199 Å². The standard InChI is InChI=1S/C55H65N9O7S/c1-37(2)45-9-4-5-10-46(45)50-36-61(35-40-8-6-7-22-56-40)26-27-63(50)42-31-55(32-42)20-24-62(25-21-55)41-11-13-47(51(29-41)71-43-28-39-17-23-57-52(39)59-34-43)53(65)60-72(69,70)44-12-14-48(49(30-44)64(67)68)58-33-38-15-18-54(3,66)19-16-38/h4-14,17,22-23,28-30,34,37-38,42,50,58,66H,15-16,18-21,24-27,31-33,35-36H2,1-3H3,(H,57,59)(H,60,65). The Morgan fingerprint density at radius 2 is 1.72 bits per heavy atom. The van der Waals surface area contributed by atoms with E-state index in [0.717, 1.165) is 101 Å². The number of aliphatic hydroxyl groups is 1.